The van der Waals surface area contributed by atoms with Gasteiger partial charge in [-0.1, -0.05) is 42.5 Å². The number of anilines is 1. The fourth-order valence-electron chi connectivity index (χ4n) is 4.02. The number of sulfonamides is 1. The molecule has 0 saturated carbocycles. The predicted molar refractivity (Wildman–Crippen MR) is 131 cm³/mol. The van der Waals surface area contributed by atoms with Gasteiger partial charge in [-0.2, -0.15) is 0 Å². The number of piperazine rings is 1. The molecule has 0 aliphatic carbocycles. The van der Waals surface area contributed by atoms with Gasteiger partial charge in [-0.05, 0) is 60.9 Å². The second-order valence-electron chi connectivity index (χ2n) is 8.51. The van der Waals surface area contributed by atoms with E-state index >= 15 is 0 Å². The molecule has 3 aromatic rings. The van der Waals surface area contributed by atoms with E-state index in [1.165, 1.54) is 5.56 Å². The van der Waals surface area contributed by atoms with Crippen molar-refractivity contribution < 1.29 is 13.2 Å². The van der Waals surface area contributed by atoms with Gasteiger partial charge in [0, 0.05) is 44.0 Å². The van der Waals surface area contributed by atoms with E-state index in [9.17, 15) is 13.2 Å². The molecule has 1 fully saturated rings. The third-order valence-corrected chi connectivity index (χ3v) is 7.45. The van der Waals surface area contributed by atoms with Crippen molar-refractivity contribution in [2.24, 2.45) is 0 Å². The summed E-state index contributed by atoms with van der Waals surface area (Å²) in [6.45, 7) is 7.52. The van der Waals surface area contributed by atoms with Crippen molar-refractivity contribution in [1.29, 1.82) is 0 Å². The lowest BCUT2D eigenvalue weighted by atomic mass is 10.1. The van der Waals surface area contributed by atoms with Gasteiger partial charge in [0.25, 0.3) is 15.9 Å². The van der Waals surface area contributed by atoms with E-state index in [1.807, 2.05) is 36.1 Å². The molecular weight excluding hydrogens is 434 g/mol. The number of nitrogens with zero attached hydrogens (tertiary/aromatic N) is 2. The molecule has 1 amide bonds. The molecule has 4 rings (SSSR count). The van der Waals surface area contributed by atoms with Crippen molar-refractivity contribution in [3.63, 3.8) is 0 Å². The highest BCUT2D eigenvalue weighted by atomic mass is 32.2. The van der Waals surface area contributed by atoms with Crippen LogP contribution in [0.1, 0.15) is 27.0 Å². The first-order valence-electron chi connectivity index (χ1n) is 11.1. The summed E-state index contributed by atoms with van der Waals surface area (Å²) in [6.07, 6.45) is 0. The number of aryl methyl sites for hydroxylation is 2. The van der Waals surface area contributed by atoms with E-state index in [1.54, 1.807) is 43.3 Å². The Bertz CT molecular complexity index is 1220. The van der Waals surface area contributed by atoms with Crippen LogP contribution >= 0.6 is 0 Å². The largest absolute Gasteiger partial charge is 0.336 e. The van der Waals surface area contributed by atoms with Crippen LogP contribution in [-0.2, 0) is 16.6 Å². The van der Waals surface area contributed by atoms with Gasteiger partial charge >= 0.3 is 0 Å². The van der Waals surface area contributed by atoms with Gasteiger partial charge in [-0.25, -0.2) is 8.42 Å². The van der Waals surface area contributed by atoms with Crippen LogP contribution in [0.15, 0.2) is 77.7 Å². The summed E-state index contributed by atoms with van der Waals surface area (Å²) in [5.41, 5.74) is 3.83. The number of amides is 1. The second-order valence-corrected chi connectivity index (χ2v) is 10.2. The van der Waals surface area contributed by atoms with Crippen molar-refractivity contribution in [3.8, 4) is 0 Å². The molecule has 1 heterocycles. The van der Waals surface area contributed by atoms with Crippen molar-refractivity contribution in [2.75, 3.05) is 30.9 Å². The molecule has 1 aliphatic heterocycles. The summed E-state index contributed by atoms with van der Waals surface area (Å²) < 4.78 is 28.2. The Hall–Kier alpha value is -3.16. The number of hydrogen-bond donors (Lipinski definition) is 1. The molecule has 172 valence electrons. The molecule has 1 saturated heterocycles. The van der Waals surface area contributed by atoms with Crippen LogP contribution in [0.5, 0.6) is 0 Å². The lowest BCUT2D eigenvalue weighted by Gasteiger charge is -2.34. The normalized spacial score (nSPS) is 14.8. The molecule has 0 atom stereocenters. The molecule has 3 aromatic carbocycles. The quantitative estimate of drug-likeness (QED) is 0.599. The smallest absolute Gasteiger partial charge is 0.262 e. The molecule has 0 radical (unpaired) electrons. The molecule has 7 heteroatoms. The molecule has 6 nitrogen and oxygen atoms in total. The van der Waals surface area contributed by atoms with Crippen molar-refractivity contribution >= 4 is 21.6 Å². The Labute approximate surface area is 195 Å². The minimum absolute atomic E-state index is 0.0294. The number of rotatable bonds is 6. The van der Waals surface area contributed by atoms with E-state index in [-0.39, 0.29) is 10.8 Å². The van der Waals surface area contributed by atoms with Crippen LogP contribution in [0.25, 0.3) is 0 Å². The van der Waals surface area contributed by atoms with Crippen molar-refractivity contribution in [3.05, 3.63) is 95.1 Å². The van der Waals surface area contributed by atoms with Crippen LogP contribution < -0.4 is 4.72 Å². The average Bonchev–Trinajstić information content (AvgIpc) is 2.81. The summed E-state index contributed by atoms with van der Waals surface area (Å²) in [7, 11) is -3.70. The SMILES string of the molecule is Cc1ccc(C)c(S(=O)(=O)Nc2ccc(C(=O)N3CCN(Cc4ccccc4)CC3)cc2)c1. The number of carbonyl (C=O) groups is 1. The van der Waals surface area contributed by atoms with Crippen LogP contribution in [0.2, 0.25) is 0 Å². The fraction of sp³-hybridized carbons (Fsp3) is 0.269. The highest BCUT2D eigenvalue weighted by Crippen LogP contribution is 2.21. The fourth-order valence-corrected chi connectivity index (χ4v) is 5.41. The van der Waals surface area contributed by atoms with Crippen molar-refractivity contribution in [1.82, 2.24) is 9.80 Å². The van der Waals surface area contributed by atoms with Crippen LogP contribution in [0, 0.1) is 13.8 Å². The molecule has 1 aliphatic rings. The van der Waals surface area contributed by atoms with Gasteiger partial charge < -0.3 is 4.90 Å². The highest BCUT2D eigenvalue weighted by molar-refractivity contribution is 7.92. The summed E-state index contributed by atoms with van der Waals surface area (Å²) in [6, 6.07) is 22.3. The third kappa shape index (κ3) is 5.61. The first-order valence-corrected chi connectivity index (χ1v) is 12.6. The van der Waals surface area contributed by atoms with Gasteiger partial charge in [-0.15, -0.1) is 0 Å². The predicted octanol–water partition coefficient (Wildman–Crippen LogP) is 4.06. The van der Waals surface area contributed by atoms with E-state index < -0.39 is 10.0 Å². The van der Waals surface area contributed by atoms with Gasteiger partial charge in [0.05, 0.1) is 4.90 Å². The summed E-state index contributed by atoms with van der Waals surface area (Å²) >= 11 is 0. The summed E-state index contributed by atoms with van der Waals surface area (Å²) in [4.78, 5) is 17.4. The first kappa shape index (κ1) is 23.0. The Morgan fingerprint density at radius 2 is 1.55 bits per heavy atom. The lowest BCUT2D eigenvalue weighted by Crippen LogP contribution is -2.48. The average molecular weight is 464 g/mol. The van der Waals surface area contributed by atoms with Gasteiger partial charge in [0.1, 0.15) is 0 Å². The molecule has 0 bridgehead atoms. The van der Waals surface area contributed by atoms with Gasteiger partial charge in [0.2, 0.25) is 0 Å². The Morgan fingerprint density at radius 3 is 2.21 bits per heavy atom. The topological polar surface area (TPSA) is 69.7 Å². The van der Waals surface area contributed by atoms with E-state index in [0.717, 1.165) is 25.2 Å². The maximum atomic E-state index is 12.9. The summed E-state index contributed by atoms with van der Waals surface area (Å²) in [5.74, 6) is -0.0294. The minimum Gasteiger partial charge on any atom is -0.336 e. The first-order chi connectivity index (χ1) is 15.8. The maximum Gasteiger partial charge on any atom is 0.262 e. The van der Waals surface area contributed by atoms with Gasteiger partial charge in [-0.3, -0.25) is 14.4 Å². The Kier molecular flexibility index (Phi) is 6.81. The Morgan fingerprint density at radius 1 is 0.879 bits per heavy atom. The zero-order chi connectivity index (χ0) is 23.4. The molecule has 0 unspecified atom stereocenters. The van der Waals surface area contributed by atoms with E-state index in [4.69, 9.17) is 0 Å². The zero-order valence-corrected chi connectivity index (χ0v) is 19.8. The van der Waals surface area contributed by atoms with Crippen LogP contribution in [0.4, 0.5) is 5.69 Å². The molecule has 0 spiro atoms. The van der Waals surface area contributed by atoms with Crippen LogP contribution in [0.3, 0.4) is 0 Å². The number of carbonyl (C=O) groups excluding carboxylic acids is 1. The van der Waals surface area contributed by atoms with E-state index in [2.05, 4.69) is 21.8 Å². The standard InChI is InChI=1S/C26H29N3O3S/c1-20-8-9-21(2)25(18-20)33(31,32)27-24-12-10-23(11-13-24)26(30)29-16-14-28(15-17-29)19-22-6-4-3-5-7-22/h3-13,18,27H,14-17,19H2,1-2H3. The van der Waals surface area contributed by atoms with Gasteiger partial charge in [0.15, 0.2) is 0 Å². The Balaban J connectivity index is 1.36. The monoisotopic (exact) mass is 463 g/mol. The minimum atomic E-state index is -3.70. The number of benzene rings is 3. The lowest BCUT2D eigenvalue weighted by molar-refractivity contribution is 0.0628. The highest BCUT2D eigenvalue weighted by Gasteiger charge is 2.23. The van der Waals surface area contributed by atoms with Crippen molar-refractivity contribution in [2.45, 2.75) is 25.3 Å². The van der Waals surface area contributed by atoms with Crippen LogP contribution in [-0.4, -0.2) is 50.3 Å². The maximum absolute atomic E-state index is 12.9. The third-order valence-electron chi connectivity index (χ3n) is 5.93. The van der Waals surface area contributed by atoms with E-state index in [0.29, 0.717) is 29.9 Å². The second kappa shape index (κ2) is 9.77. The number of nitrogens with one attached hydrogen (secondary N) is 1. The number of hydrogen-bond acceptors (Lipinski definition) is 4. The molecule has 33 heavy (non-hydrogen) atoms. The molecule has 1 N–H and O–H groups in total. The zero-order valence-electron chi connectivity index (χ0n) is 19.0. The molecule has 0 aromatic heterocycles. The summed E-state index contributed by atoms with van der Waals surface area (Å²) in [5, 5.41) is 0. The molecular formula is C26H29N3O3S.